The Bertz CT molecular complexity index is 1380. The van der Waals surface area contributed by atoms with Crippen LogP contribution in [0.5, 0.6) is 0 Å². The lowest BCUT2D eigenvalue weighted by Gasteiger charge is -2.05. The van der Waals surface area contributed by atoms with E-state index in [0.717, 1.165) is 11.2 Å². The van der Waals surface area contributed by atoms with Crippen LogP contribution in [0.25, 0.3) is 27.4 Å². The Balaban J connectivity index is 1.29. The lowest BCUT2D eigenvalue weighted by molar-refractivity contribution is 0.0949. The maximum atomic E-state index is 14.0. The van der Waals surface area contributed by atoms with E-state index in [1.165, 1.54) is 23.6 Å². The number of halogens is 1. The summed E-state index contributed by atoms with van der Waals surface area (Å²) in [6.45, 7) is 0.397. The number of rotatable bonds is 5. The molecule has 0 unspecified atom stereocenters. The predicted molar refractivity (Wildman–Crippen MR) is 112 cm³/mol. The zero-order valence-corrected chi connectivity index (χ0v) is 16.4. The molecule has 0 saturated heterocycles. The van der Waals surface area contributed by atoms with Crippen LogP contribution in [0.3, 0.4) is 0 Å². The molecule has 7 nitrogen and oxygen atoms in total. The van der Waals surface area contributed by atoms with Crippen molar-refractivity contribution < 1.29 is 9.18 Å². The van der Waals surface area contributed by atoms with Crippen LogP contribution in [0.15, 0.2) is 60.1 Å². The smallest absolute Gasteiger partial charge is 0.271 e. The van der Waals surface area contributed by atoms with Gasteiger partial charge in [-0.15, -0.1) is 16.4 Å². The van der Waals surface area contributed by atoms with Gasteiger partial charge >= 0.3 is 0 Å². The first-order chi connectivity index (χ1) is 14.7. The van der Waals surface area contributed by atoms with Crippen molar-refractivity contribution in [3.63, 3.8) is 0 Å². The number of thiazole rings is 1. The molecule has 0 bridgehead atoms. The van der Waals surface area contributed by atoms with Gasteiger partial charge in [-0.25, -0.2) is 13.9 Å². The monoisotopic (exact) mass is 418 g/mol. The number of carbonyl (C=O) groups excluding carboxylic acids is 1. The number of amides is 1. The molecular formula is C21H15FN6OS. The Kier molecular flexibility index (Phi) is 4.64. The molecule has 0 fully saturated rings. The maximum Gasteiger partial charge on any atom is 0.271 e. The first kappa shape index (κ1) is 18.3. The second-order valence-electron chi connectivity index (χ2n) is 6.59. The predicted octanol–water partition coefficient (Wildman–Crippen LogP) is 3.51. The molecule has 30 heavy (non-hydrogen) atoms. The zero-order valence-electron chi connectivity index (χ0n) is 15.6. The van der Waals surface area contributed by atoms with Crippen LogP contribution in [0, 0.1) is 5.82 Å². The summed E-state index contributed by atoms with van der Waals surface area (Å²) in [6, 6.07) is 13.8. The van der Waals surface area contributed by atoms with Crippen molar-refractivity contribution >= 4 is 33.2 Å². The second-order valence-corrected chi connectivity index (χ2v) is 7.42. The third-order valence-electron chi connectivity index (χ3n) is 4.61. The Morgan fingerprint density at radius 3 is 2.73 bits per heavy atom. The Hall–Kier alpha value is -3.72. The van der Waals surface area contributed by atoms with Crippen LogP contribution in [0.1, 0.15) is 16.2 Å². The van der Waals surface area contributed by atoms with Crippen LogP contribution in [-0.4, -0.2) is 37.0 Å². The van der Waals surface area contributed by atoms with Crippen LogP contribution < -0.4 is 5.32 Å². The fourth-order valence-corrected chi connectivity index (χ4v) is 3.97. The lowest BCUT2D eigenvalue weighted by Crippen LogP contribution is -2.27. The van der Waals surface area contributed by atoms with Crippen LogP contribution in [0.4, 0.5) is 4.39 Å². The summed E-state index contributed by atoms with van der Waals surface area (Å²) in [5.74, 6) is -0.303. The molecule has 148 valence electrons. The number of nitrogens with one attached hydrogen (secondary N) is 1. The third-order valence-corrected chi connectivity index (χ3v) is 5.48. The van der Waals surface area contributed by atoms with E-state index in [2.05, 4.69) is 25.4 Å². The molecule has 1 amide bonds. The first-order valence-electron chi connectivity index (χ1n) is 9.27. The minimum Gasteiger partial charge on any atom is -0.350 e. The summed E-state index contributed by atoms with van der Waals surface area (Å²) >= 11 is 1.42. The molecular weight excluding hydrogens is 403 g/mol. The van der Waals surface area contributed by atoms with Gasteiger partial charge in [0.1, 0.15) is 11.5 Å². The summed E-state index contributed by atoms with van der Waals surface area (Å²) in [4.78, 5) is 26.1. The molecule has 0 saturated carbocycles. The van der Waals surface area contributed by atoms with Gasteiger partial charge < -0.3 is 5.32 Å². The fourth-order valence-electron chi connectivity index (χ4n) is 3.11. The highest BCUT2D eigenvalue weighted by Gasteiger charge is 2.15. The van der Waals surface area contributed by atoms with Gasteiger partial charge in [-0.1, -0.05) is 24.3 Å². The average Bonchev–Trinajstić information content (AvgIpc) is 3.35. The topological polar surface area (TPSA) is 85.1 Å². The molecule has 0 spiro atoms. The van der Waals surface area contributed by atoms with Crippen molar-refractivity contribution in [2.45, 2.75) is 6.42 Å². The van der Waals surface area contributed by atoms with E-state index >= 15 is 0 Å². The summed E-state index contributed by atoms with van der Waals surface area (Å²) in [6.07, 6.45) is 2.02. The number of hydrogen-bond donors (Lipinski definition) is 1. The van der Waals surface area contributed by atoms with E-state index in [9.17, 15) is 9.18 Å². The number of hydrogen-bond acceptors (Lipinski definition) is 6. The Labute approximate surface area is 174 Å². The van der Waals surface area contributed by atoms with Crippen molar-refractivity contribution in [2.75, 3.05) is 6.54 Å². The molecule has 3 heterocycles. The molecule has 0 aliphatic heterocycles. The van der Waals surface area contributed by atoms with E-state index in [-0.39, 0.29) is 17.4 Å². The molecule has 0 aliphatic carbocycles. The standard InChI is InChI=1S/C21H15FN6OS/c22-15-6-2-1-5-14(15)19-26-21-28(27-19)13(12-30-21)9-10-23-20(29)18-11-24-16-7-3-4-8-17(16)25-18/h1-8,11-12H,9-10H2,(H,23,29). The average molecular weight is 418 g/mol. The van der Waals surface area contributed by atoms with E-state index in [4.69, 9.17) is 0 Å². The quantitative estimate of drug-likeness (QED) is 0.472. The van der Waals surface area contributed by atoms with Gasteiger partial charge in [-0.2, -0.15) is 4.98 Å². The van der Waals surface area contributed by atoms with Crippen LogP contribution >= 0.6 is 11.3 Å². The third kappa shape index (κ3) is 3.39. The number of fused-ring (bicyclic) bond motifs is 2. The van der Waals surface area contributed by atoms with E-state index in [0.29, 0.717) is 34.8 Å². The maximum absolute atomic E-state index is 14.0. The van der Waals surface area contributed by atoms with E-state index in [1.54, 1.807) is 22.7 Å². The van der Waals surface area contributed by atoms with Gasteiger partial charge in [0.25, 0.3) is 5.91 Å². The van der Waals surface area contributed by atoms with Crippen molar-refractivity contribution in [3.8, 4) is 11.4 Å². The second kappa shape index (κ2) is 7.60. The summed E-state index contributed by atoms with van der Waals surface area (Å²) in [5.41, 5.74) is 2.93. The minimum absolute atomic E-state index is 0.270. The zero-order chi connectivity index (χ0) is 20.5. The summed E-state index contributed by atoms with van der Waals surface area (Å²) in [5, 5.41) is 9.22. The van der Waals surface area contributed by atoms with Crippen molar-refractivity contribution in [1.29, 1.82) is 0 Å². The molecule has 0 aliphatic rings. The fraction of sp³-hybridized carbons (Fsp3) is 0.0952. The molecule has 5 rings (SSSR count). The summed E-state index contributed by atoms with van der Waals surface area (Å²) in [7, 11) is 0. The largest absolute Gasteiger partial charge is 0.350 e. The molecule has 5 aromatic rings. The number of aromatic nitrogens is 5. The van der Waals surface area contributed by atoms with Crippen LogP contribution in [0.2, 0.25) is 0 Å². The number of benzene rings is 2. The number of nitrogens with zero attached hydrogens (tertiary/aromatic N) is 5. The van der Waals surface area contributed by atoms with Crippen molar-refractivity contribution in [2.24, 2.45) is 0 Å². The first-order valence-corrected chi connectivity index (χ1v) is 10.1. The Morgan fingerprint density at radius 2 is 1.87 bits per heavy atom. The van der Waals surface area contributed by atoms with Crippen molar-refractivity contribution in [3.05, 3.63) is 77.3 Å². The van der Waals surface area contributed by atoms with E-state index < -0.39 is 0 Å². The minimum atomic E-state index is -0.360. The number of carbonyl (C=O) groups is 1. The SMILES string of the molecule is O=C(NCCc1csc2nc(-c3ccccc3F)nn12)c1cnc2ccccc2n1. The van der Waals surface area contributed by atoms with Gasteiger partial charge in [0.05, 0.1) is 28.5 Å². The van der Waals surface area contributed by atoms with Gasteiger partial charge in [0, 0.05) is 18.3 Å². The molecule has 1 N–H and O–H groups in total. The molecule has 2 aromatic carbocycles. The Morgan fingerprint density at radius 1 is 1.07 bits per heavy atom. The lowest BCUT2D eigenvalue weighted by atomic mass is 10.2. The number of para-hydroxylation sites is 2. The van der Waals surface area contributed by atoms with Crippen molar-refractivity contribution in [1.82, 2.24) is 29.9 Å². The highest BCUT2D eigenvalue weighted by atomic mass is 32.1. The van der Waals surface area contributed by atoms with Gasteiger partial charge in [-0.3, -0.25) is 9.78 Å². The molecule has 3 aromatic heterocycles. The van der Waals surface area contributed by atoms with E-state index in [1.807, 2.05) is 29.6 Å². The highest BCUT2D eigenvalue weighted by molar-refractivity contribution is 7.15. The van der Waals surface area contributed by atoms with Gasteiger partial charge in [0.2, 0.25) is 4.96 Å². The molecule has 0 radical (unpaired) electrons. The normalized spacial score (nSPS) is 11.2. The molecule has 0 atom stereocenters. The highest BCUT2D eigenvalue weighted by Crippen LogP contribution is 2.23. The van der Waals surface area contributed by atoms with Gasteiger partial charge in [0.15, 0.2) is 5.82 Å². The van der Waals surface area contributed by atoms with Gasteiger partial charge in [-0.05, 0) is 24.3 Å². The summed E-state index contributed by atoms with van der Waals surface area (Å²) < 4.78 is 15.7. The van der Waals surface area contributed by atoms with Crippen LogP contribution in [-0.2, 0) is 6.42 Å². The molecule has 9 heteroatoms.